The quantitative estimate of drug-likeness (QED) is 0.838. The average molecular weight is 285 g/mol. The third kappa shape index (κ3) is 4.05. The number of aliphatic carboxylic acids is 1. The van der Waals surface area contributed by atoms with Gasteiger partial charge < -0.3 is 5.11 Å². The number of benzene rings is 2. The first-order chi connectivity index (χ1) is 10.1. The molecular weight excluding hydrogens is 262 g/mol. The molecule has 3 heteroatoms. The van der Waals surface area contributed by atoms with Gasteiger partial charge in [-0.2, -0.15) is 0 Å². The standard InChI is InChI=1S/C18H23NO2/c1-3-14(2)19(12-11-18(20)21)13-16-9-6-8-15-7-4-5-10-17(15)16/h4-10,14H,3,11-13H2,1-2H3,(H,20,21). The minimum Gasteiger partial charge on any atom is -0.481 e. The molecule has 0 aliphatic rings. The molecular formula is C18H23NO2. The predicted octanol–water partition coefficient (Wildman–Crippen LogP) is 3.92. The summed E-state index contributed by atoms with van der Waals surface area (Å²) in [6.07, 6.45) is 1.21. The summed E-state index contributed by atoms with van der Waals surface area (Å²) in [5, 5.41) is 11.4. The van der Waals surface area contributed by atoms with Crippen LogP contribution in [0.5, 0.6) is 0 Å². The smallest absolute Gasteiger partial charge is 0.304 e. The Morgan fingerprint density at radius 2 is 1.90 bits per heavy atom. The summed E-state index contributed by atoms with van der Waals surface area (Å²) < 4.78 is 0. The minimum absolute atomic E-state index is 0.190. The number of carboxylic acid groups (broad SMARTS) is 1. The van der Waals surface area contributed by atoms with Gasteiger partial charge in [0.2, 0.25) is 0 Å². The third-order valence-electron chi connectivity index (χ3n) is 4.08. The molecule has 1 unspecified atom stereocenters. The molecule has 112 valence electrons. The third-order valence-corrected chi connectivity index (χ3v) is 4.08. The lowest BCUT2D eigenvalue weighted by atomic mass is 10.0. The van der Waals surface area contributed by atoms with Crippen LogP contribution in [0.1, 0.15) is 32.3 Å². The Morgan fingerprint density at radius 1 is 1.19 bits per heavy atom. The van der Waals surface area contributed by atoms with E-state index in [0.717, 1.165) is 13.0 Å². The van der Waals surface area contributed by atoms with E-state index >= 15 is 0 Å². The molecule has 0 radical (unpaired) electrons. The second kappa shape index (κ2) is 7.23. The van der Waals surface area contributed by atoms with Gasteiger partial charge in [-0.05, 0) is 29.7 Å². The van der Waals surface area contributed by atoms with Crippen molar-refractivity contribution in [2.75, 3.05) is 6.54 Å². The lowest BCUT2D eigenvalue weighted by molar-refractivity contribution is -0.137. The maximum Gasteiger partial charge on any atom is 0.304 e. The fourth-order valence-electron chi connectivity index (χ4n) is 2.60. The fraction of sp³-hybridized carbons (Fsp3) is 0.389. The molecule has 0 spiro atoms. The molecule has 0 amide bonds. The first-order valence-corrected chi connectivity index (χ1v) is 7.54. The van der Waals surface area contributed by atoms with E-state index in [4.69, 9.17) is 5.11 Å². The van der Waals surface area contributed by atoms with Gasteiger partial charge in [0.05, 0.1) is 6.42 Å². The number of carboxylic acids is 1. The first kappa shape index (κ1) is 15.5. The number of fused-ring (bicyclic) bond motifs is 1. The molecule has 2 rings (SSSR count). The Kier molecular flexibility index (Phi) is 5.34. The molecule has 0 bridgehead atoms. The molecule has 0 aromatic heterocycles. The zero-order valence-electron chi connectivity index (χ0n) is 12.7. The van der Waals surface area contributed by atoms with E-state index in [1.807, 2.05) is 6.07 Å². The predicted molar refractivity (Wildman–Crippen MR) is 86.4 cm³/mol. The van der Waals surface area contributed by atoms with Crippen molar-refractivity contribution in [2.45, 2.75) is 39.3 Å². The fourth-order valence-corrected chi connectivity index (χ4v) is 2.60. The number of hydrogen-bond donors (Lipinski definition) is 1. The Bertz CT molecular complexity index is 604. The summed E-state index contributed by atoms with van der Waals surface area (Å²) in [5.41, 5.74) is 1.26. The van der Waals surface area contributed by atoms with E-state index in [1.165, 1.54) is 16.3 Å². The second-order valence-electron chi connectivity index (χ2n) is 5.51. The first-order valence-electron chi connectivity index (χ1n) is 7.54. The summed E-state index contributed by atoms with van der Waals surface area (Å²) in [6.45, 7) is 5.69. The zero-order valence-corrected chi connectivity index (χ0v) is 12.7. The molecule has 21 heavy (non-hydrogen) atoms. The van der Waals surface area contributed by atoms with Crippen LogP contribution in [0.2, 0.25) is 0 Å². The lowest BCUT2D eigenvalue weighted by Crippen LogP contribution is -2.34. The van der Waals surface area contributed by atoms with Crippen molar-refractivity contribution in [3.05, 3.63) is 48.0 Å². The van der Waals surface area contributed by atoms with Crippen LogP contribution < -0.4 is 0 Å². The molecule has 1 atom stereocenters. The summed E-state index contributed by atoms with van der Waals surface area (Å²) in [4.78, 5) is 13.1. The average Bonchev–Trinajstić information content (AvgIpc) is 2.50. The van der Waals surface area contributed by atoms with Gasteiger partial charge >= 0.3 is 5.97 Å². The van der Waals surface area contributed by atoms with Crippen molar-refractivity contribution in [1.82, 2.24) is 4.90 Å². The Morgan fingerprint density at radius 3 is 2.62 bits per heavy atom. The zero-order chi connectivity index (χ0) is 15.2. The summed E-state index contributed by atoms with van der Waals surface area (Å²) in [7, 11) is 0. The van der Waals surface area contributed by atoms with E-state index in [1.54, 1.807) is 0 Å². The largest absolute Gasteiger partial charge is 0.481 e. The molecule has 0 saturated carbocycles. The van der Waals surface area contributed by atoms with Crippen molar-refractivity contribution in [3.63, 3.8) is 0 Å². The molecule has 0 saturated heterocycles. The van der Waals surface area contributed by atoms with Gasteiger partial charge in [-0.3, -0.25) is 9.69 Å². The molecule has 1 N–H and O–H groups in total. The number of nitrogens with zero attached hydrogens (tertiary/aromatic N) is 1. The second-order valence-corrected chi connectivity index (χ2v) is 5.51. The molecule has 0 aliphatic carbocycles. The van der Waals surface area contributed by atoms with E-state index in [0.29, 0.717) is 12.6 Å². The maximum atomic E-state index is 10.9. The van der Waals surface area contributed by atoms with Crippen LogP contribution in [-0.4, -0.2) is 28.6 Å². The molecule has 0 fully saturated rings. The van der Waals surface area contributed by atoms with E-state index in [9.17, 15) is 4.79 Å². The van der Waals surface area contributed by atoms with Gasteiger partial charge in [-0.25, -0.2) is 0 Å². The number of hydrogen-bond acceptors (Lipinski definition) is 2. The summed E-state index contributed by atoms with van der Waals surface area (Å²) >= 11 is 0. The van der Waals surface area contributed by atoms with Gasteiger partial charge in [0, 0.05) is 19.1 Å². The van der Waals surface area contributed by atoms with Crippen LogP contribution >= 0.6 is 0 Å². The van der Waals surface area contributed by atoms with Crippen molar-refractivity contribution in [3.8, 4) is 0 Å². The normalized spacial score (nSPS) is 12.7. The van der Waals surface area contributed by atoms with Crippen LogP contribution in [0, 0.1) is 0 Å². The highest BCUT2D eigenvalue weighted by atomic mass is 16.4. The van der Waals surface area contributed by atoms with Crippen molar-refractivity contribution >= 4 is 16.7 Å². The Labute approximate surface area is 126 Å². The lowest BCUT2D eigenvalue weighted by Gasteiger charge is -2.28. The van der Waals surface area contributed by atoms with Crippen LogP contribution in [0.25, 0.3) is 10.8 Å². The highest BCUT2D eigenvalue weighted by Crippen LogP contribution is 2.21. The molecule has 2 aromatic rings. The van der Waals surface area contributed by atoms with Crippen molar-refractivity contribution in [1.29, 1.82) is 0 Å². The van der Waals surface area contributed by atoms with Crippen LogP contribution in [0.3, 0.4) is 0 Å². The van der Waals surface area contributed by atoms with Crippen molar-refractivity contribution in [2.24, 2.45) is 0 Å². The minimum atomic E-state index is -0.735. The van der Waals surface area contributed by atoms with Gasteiger partial charge in [0.15, 0.2) is 0 Å². The Hall–Kier alpha value is -1.87. The maximum absolute atomic E-state index is 10.9. The van der Waals surface area contributed by atoms with Gasteiger partial charge in [-0.1, -0.05) is 49.4 Å². The van der Waals surface area contributed by atoms with E-state index < -0.39 is 5.97 Å². The topological polar surface area (TPSA) is 40.5 Å². The molecule has 2 aromatic carbocycles. The SMILES string of the molecule is CCC(C)N(CCC(=O)O)Cc1cccc2ccccc12. The van der Waals surface area contributed by atoms with Crippen LogP contribution in [-0.2, 0) is 11.3 Å². The van der Waals surface area contributed by atoms with Gasteiger partial charge in [0.25, 0.3) is 0 Å². The molecule has 3 nitrogen and oxygen atoms in total. The van der Waals surface area contributed by atoms with Gasteiger partial charge in [-0.15, -0.1) is 0 Å². The van der Waals surface area contributed by atoms with Crippen LogP contribution in [0.15, 0.2) is 42.5 Å². The van der Waals surface area contributed by atoms with Crippen molar-refractivity contribution < 1.29 is 9.90 Å². The van der Waals surface area contributed by atoms with Crippen LogP contribution in [0.4, 0.5) is 0 Å². The van der Waals surface area contributed by atoms with E-state index in [-0.39, 0.29) is 6.42 Å². The monoisotopic (exact) mass is 285 g/mol. The molecule has 0 heterocycles. The Balaban J connectivity index is 2.23. The number of rotatable bonds is 7. The van der Waals surface area contributed by atoms with Gasteiger partial charge in [0.1, 0.15) is 0 Å². The summed E-state index contributed by atoms with van der Waals surface area (Å²) in [6, 6.07) is 15.1. The molecule has 0 aliphatic heterocycles. The summed E-state index contributed by atoms with van der Waals surface area (Å²) in [5.74, 6) is -0.735. The number of carbonyl (C=O) groups is 1. The highest BCUT2D eigenvalue weighted by molar-refractivity contribution is 5.85. The van der Waals surface area contributed by atoms with E-state index in [2.05, 4.69) is 55.1 Å². The highest BCUT2D eigenvalue weighted by Gasteiger charge is 2.15.